The van der Waals surface area contributed by atoms with Crippen molar-refractivity contribution in [3.05, 3.63) is 0 Å². The average Bonchev–Trinajstić information content (AvgIpc) is 2.15. The van der Waals surface area contributed by atoms with E-state index in [2.05, 4.69) is 4.99 Å². The van der Waals surface area contributed by atoms with Gasteiger partial charge in [0.15, 0.2) is 5.96 Å². The van der Waals surface area contributed by atoms with Crippen molar-refractivity contribution in [1.82, 2.24) is 9.80 Å². The third-order valence-corrected chi connectivity index (χ3v) is 2.06. The molecule has 0 aromatic rings. The second-order valence-electron chi connectivity index (χ2n) is 4.02. The maximum atomic E-state index is 4.99. The zero-order valence-corrected chi connectivity index (χ0v) is 10.8. The van der Waals surface area contributed by atoms with Crippen LogP contribution in [0.3, 0.4) is 0 Å². The van der Waals surface area contributed by atoms with Crippen LogP contribution in [0.25, 0.3) is 0 Å². The van der Waals surface area contributed by atoms with Crippen LogP contribution < -0.4 is 0 Å². The molecule has 0 rings (SSSR count). The summed E-state index contributed by atoms with van der Waals surface area (Å²) in [6.45, 7) is 1.76. The molecule has 0 N–H and O–H groups in total. The molecule has 0 unspecified atom stereocenters. The Morgan fingerprint density at radius 3 is 2.07 bits per heavy atom. The smallest absolute Gasteiger partial charge is 0.195 e. The number of guanidine groups is 1. The fourth-order valence-corrected chi connectivity index (χ4v) is 1.40. The Kier molecular flexibility index (Phi) is 8.09. The van der Waals surface area contributed by atoms with E-state index in [-0.39, 0.29) is 0 Å². The van der Waals surface area contributed by atoms with Gasteiger partial charge in [0.25, 0.3) is 0 Å². The Bertz CT molecular complexity index is 169. The fourth-order valence-electron chi connectivity index (χ4n) is 1.40. The summed E-state index contributed by atoms with van der Waals surface area (Å²) in [4.78, 5) is 8.62. The largest absolute Gasteiger partial charge is 0.385 e. The Hall–Kier alpha value is -0.770. The summed E-state index contributed by atoms with van der Waals surface area (Å²) in [6.07, 6.45) is 3.45. The zero-order chi connectivity index (χ0) is 11.7. The minimum absolute atomic E-state index is 0.859. The summed E-state index contributed by atoms with van der Waals surface area (Å²) in [5, 5.41) is 0. The van der Waals surface area contributed by atoms with Crippen molar-refractivity contribution < 1.29 is 4.74 Å². The summed E-state index contributed by atoms with van der Waals surface area (Å²) in [5.74, 6) is 1.03. The molecule has 0 atom stereocenters. The number of nitrogens with zero attached hydrogens (tertiary/aromatic N) is 3. The van der Waals surface area contributed by atoms with E-state index in [1.165, 1.54) is 6.42 Å². The zero-order valence-electron chi connectivity index (χ0n) is 10.8. The molecule has 90 valence electrons. The molecular weight excluding hydrogens is 190 g/mol. The van der Waals surface area contributed by atoms with Gasteiger partial charge >= 0.3 is 0 Å². The first-order chi connectivity index (χ1) is 7.09. The predicted octanol–water partition coefficient (Wildman–Crippen LogP) is 1.28. The van der Waals surface area contributed by atoms with Gasteiger partial charge in [-0.1, -0.05) is 0 Å². The van der Waals surface area contributed by atoms with Gasteiger partial charge in [0, 0.05) is 48.5 Å². The minimum atomic E-state index is 0.859. The van der Waals surface area contributed by atoms with Crippen molar-refractivity contribution in [1.29, 1.82) is 0 Å². The van der Waals surface area contributed by atoms with Crippen LogP contribution in [0, 0.1) is 0 Å². The number of unbranched alkanes of at least 4 members (excludes halogenated alkanes) is 2. The lowest BCUT2D eigenvalue weighted by molar-refractivity contribution is 0.192. The molecule has 0 fully saturated rings. The van der Waals surface area contributed by atoms with Crippen LogP contribution in [0.1, 0.15) is 19.3 Å². The van der Waals surface area contributed by atoms with Crippen molar-refractivity contribution in [3.8, 4) is 0 Å². The molecule has 0 saturated heterocycles. The average molecular weight is 215 g/mol. The molecule has 0 aliphatic carbocycles. The van der Waals surface area contributed by atoms with Crippen LogP contribution >= 0.6 is 0 Å². The van der Waals surface area contributed by atoms with Gasteiger partial charge < -0.3 is 14.5 Å². The highest BCUT2D eigenvalue weighted by molar-refractivity contribution is 5.79. The van der Waals surface area contributed by atoms with Crippen LogP contribution in [-0.4, -0.2) is 64.2 Å². The van der Waals surface area contributed by atoms with Crippen molar-refractivity contribution in [2.75, 3.05) is 48.5 Å². The monoisotopic (exact) mass is 215 g/mol. The number of ether oxygens (including phenoxy) is 1. The molecule has 0 amide bonds. The Morgan fingerprint density at radius 2 is 1.60 bits per heavy atom. The van der Waals surface area contributed by atoms with E-state index >= 15 is 0 Å². The van der Waals surface area contributed by atoms with E-state index < -0.39 is 0 Å². The Morgan fingerprint density at radius 1 is 1.00 bits per heavy atom. The summed E-state index contributed by atoms with van der Waals surface area (Å²) < 4.78 is 4.99. The molecule has 0 bridgehead atoms. The topological polar surface area (TPSA) is 28.1 Å². The van der Waals surface area contributed by atoms with Crippen LogP contribution in [0.15, 0.2) is 4.99 Å². The second kappa shape index (κ2) is 8.53. The van der Waals surface area contributed by atoms with E-state index in [0.717, 1.165) is 32.0 Å². The van der Waals surface area contributed by atoms with Gasteiger partial charge in [-0.2, -0.15) is 0 Å². The molecule has 0 aliphatic rings. The highest BCUT2D eigenvalue weighted by atomic mass is 16.5. The van der Waals surface area contributed by atoms with E-state index in [4.69, 9.17) is 4.74 Å². The van der Waals surface area contributed by atoms with E-state index in [1.54, 1.807) is 7.11 Å². The van der Waals surface area contributed by atoms with E-state index in [1.807, 2.05) is 38.0 Å². The molecule has 0 spiro atoms. The molecule has 15 heavy (non-hydrogen) atoms. The highest BCUT2D eigenvalue weighted by Crippen LogP contribution is 1.97. The number of hydrogen-bond acceptors (Lipinski definition) is 2. The van der Waals surface area contributed by atoms with Gasteiger partial charge in [0.1, 0.15) is 0 Å². The molecule has 0 saturated carbocycles. The predicted molar refractivity (Wildman–Crippen MR) is 65.4 cm³/mol. The lowest BCUT2D eigenvalue weighted by Gasteiger charge is -2.22. The Labute approximate surface area is 93.9 Å². The molecule has 0 aromatic heterocycles. The summed E-state index contributed by atoms with van der Waals surface area (Å²) in [7, 11) is 9.81. The molecule has 0 aromatic carbocycles. The molecule has 0 aliphatic heterocycles. The van der Waals surface area contributed by atoms with Crippen molar-refractivity contribution in [3.63, 3.8) is 0 Å². The Balaban J connectivity index is 3.71. The summed E-state index contributed by atoms with van der Waals surface area (Å²) in [5.41, 5.74) is 0. The number of aliphatic imine (C=N–C) groups is 1. The first-order valence-electron chi connectivity index (χ1n) is 5.47. The molecule has 4 heteroatoms. The molecular formula is C11H25N3O. The van der Waals surface area contributed by atoms with Gasteiger partial charge in [-0.15, -0.1) is 0 Å². The number of hydrogen-bond donors (Lipinski definition) is 0. The van der Waals surface area contributed by atoms with Crippen molar-refractivity contribution in [2.24, 2.45) is 4.99 Å². The molecule has 4 nitrogen and oxygen atoms in total. The third-order valence-electron chi connectivity index (χ3n) is 2.06. The lowest BCUT2D eigenvalue weighted by atomic mass is 10.2. The van der Waals surface area contributed by atoms with Gasteiger partial charge in [0.05, 0.1) is 0 Å². The second-order valence-corrected chi connectivity index (χ2v) is 4.02. The number of rotatable bonds is 6. The first kappa shape index (κ1) is 14.2. The highest BCUT2D eigenvalue weighted by Gasteiger charge is 2.02. The number of methoxy groups -OCH3 is 1. The molecule has 0 radical (unpaired) electrons. The summed E-state index contributed by atoms with van der Waals surface area (Å²) >= 11 is 0. The van der Waals surface area contributed by atoms with Crippen molar-refractivity contribution in [2.45, 2.75) is 19.3 Å². The van der Waals surface area contributed by atoms with Crippen LogP contribution in [-0.2, 0) is 4.74 Å². The van der Waals surface area contributed by atoms with Crippen molar-refractivity contribution >= 4 is 5.96 Å². The van der Waals surface area contributed by atoms with Crippen LogP contribution in [0.5, 0.6) is 0 Å². The van der Waals surface area contributed by atoms with Crippen LogP contribution in [0.4, 0.5) is 0 Å². The first-order valence-corrected chi connectivity index (χ1v) is 5.47. The van der Waals surface area contributed by atoms with Gasteiger partial charge in [-0.3, -0.25) is 4.99 Å². The van der Waals surface area contributed by atoms with E-state index in [9.17, 15) is 0 Å². The third kappa shape index (κ3) is 7.19. The standard InChI is InChI=1S/C11H25N3O/c1-13(2)11(14(3)4)12-9-7-6-8-10-15-5/h6-10H2,1-5H3. The minimum Gasteiger partial charge on any atom is -0.385 e. The molecule has 0 heterocycles. The van der Waals surface area contributed by atoms with Crippen LogP contribution in [0.2, 0.25) is 0 Å². The quantitative estimate of drug-likeness (QED) is 0.379. The fraction of sp³-hybridized carbons (Fsp3) is 0.909. The lowest BCUT2D eigenvalue weighted by Crippen LogP contribution is -2.35. The van der Waals surface area contributed by atoms with Gasteiger partial charge in [-0.25, -0.2) is 0 Å². The van der Waals surface area contributed by atoms with E-state index in [0.29, 0.717) is 0 Å². The van der Waals surface area contributed by atoms with Gasteiger partial charge in [-0.05, 0) is 19.3 Å². The normalized spacial score (nSPS) is 9.93. The SMILES string of the molecule is COCCCCCN=C(N(C)C)N(C)C. The maximum absolute atomic E-state index is 4.99. The summed E-state index contributed by atoms with van der Waals surface area (Å²) in [6, 6.07) is 0. The van der Waals surface area contributed by atoms with Gasteiger partial charge in [0.2, 0.25) is 0 Å². The maximum Gasteiger partial charge on any atom is 0.195 e.